The number of H-pyrrole nitrogens is 1. The molecule has 2 aromatic rings. The standard InChI is InChI=1S/C17H22N4O4/c1-3-6-21-14-13(16(24)20-17(21)25)11(15(23)18-8-9(2)22)7-12(19-14)10-4-5-10/h7,9-10,22H,3-6,8H2,1-2H3,(H,18,23)(H,20,24,25). The van der Waals surface area contributed by atoms with Crippen LogP contribution in [-0.2, 0) is 6.54 Å². The van der Waals surface area contributed by atoms with E-state index in [4.69, 9.17) is 0 Å². The molecule has 1 fully saturated rings. The molecule has 0 saturated heterocycles. The molecule has 0 aromatic carbocycles. The summed E-state index contributed by atoms with van der Waals surface area (Å²) in [5.41, 5.74) is 0.0323. The third kappa shape index (κ3) is 3.48. The summed E-state index contributed by atoms with van der Waals surface area (Å²) in [6, 6.07) is 1.63. The molecule has 0 aliphatic heterocycles. The molecule has 8 heteroatoms. The minimum atomic E-state index is -0.698. The number of nitrogens with one attached hydrogen (secondary N) is 2. The summed E-state index contributed by atoms with van der Waals surface area (Å²) in [6.45, 7) is 3.96. The van der Waals surface area contributed by atoms with E-state index in [-0.39, 0.29) is 29.1 Å². The SMILES string of the molecule is CCCn1c(=O)[nH]c(=O)c2c(C(=O)NCC(C)O)cc(C3CC3)nc21. The Kier molecular flexibility index (Phi) is 4.71. The lowest BCUT2D eigenvalue weighted by atomic mass is 10.1. The van der Waals surface area contributed by atoms with Crippen LogP contribution in [0.1, 0.15) is 55.1 Å². The number of rotatable bonds is 6. The van der Waals surface area contributed by atoms with Gasteiger partial charge >= 0.3 is 5.69 Å². The number of hydrogen-bond donors (Lipinski definition) is 3. The maximum atomic E-state index is 12.6. The first-order valence-corrected chi connectivity index (χ1v) is 8.56. The van der Waals surface area contributed by atoms with Crippen LogP contribution in [0.25, 0.3) is 11.0 Å². The summed E-state index contributed by atoms with van der Waals surface area (Å²) in [6.07, 6.45) is 1.96. The Hall–Kier alpha value is -2.48. The monoisotopic (exact) mass is 346 g/mol. The third-order valence-corrected chi connectivity index (χ3v) is 4.21. The topological polar surface area (TPSA) is 117 Å². The zero-order valence-electron chi connectivity index (χ0n) is 14.3. The van der Waals surface area contributed by atoms with Crippen LogP contribution in [0, 0.1) is 0 Å². The van der Waals surface area contributed by atoms with Crippen molar-refractivity contribution in [1.29, 1.82) is 0 Å². The van der Waals surface area contributed by atoms with Crippen LogP contribution in [0.5, 0.6) is 0 Å². The molecule has 8 nitrogen and oxygen atoms in total. The molecule has 1 aliphatic carbocycles. The number of carbonyl (C=O) groups is 1. The summed E-state index contributed by atoms with van der Waals surface area (Å²) >= 11 is 0. The highest BCUT2D eigenvalue weighted by molar-refractivity contribution is 6.05. The second kappa shape index (κ2) is 6.79. The number of aromatic nitrogens is 3. The molecule has 2 heterocycles. The van der Waals surface area contributed by atoms with Gasteiger partial charge in [0.15, 0.2) is 5.65 Å². The fraction of sp³-hybridized carbons (Fsp3) is 0.529. The number of aliphatic hydroxyl groups is 1. The van der Waals surface area contributed by atoms with Crippen molar-refractivity contribution in [2.75, 3.05) is 6.54 Å². The van der Waals surface area contributed by atoms with E-state index in [1.54, 1.807) is 13.0 Å². The molecule has 1 aliphatic rings. The predicted octanol–water partition coefficient (Wildman–Crippen LogP) is 0.483. The first kappa shape index (κ1) is 17.3. The minimum absolute atomic E-state index is 0.0773. The second-order valence-corrected chi connectivity index (χ2v) is 6.54. The molecule has 134 valence electrons. The number of aryl methyl sites for hydroxylation is 1. The van der Waals surface area contributed by atoms with Gasteiger partial charge in [-0.2, -0.15) is 0 Å². The fourth-order valence-corrected chi connectivity index (χ4v) is 2.83. The molecule has 0 radical (unpaired) electrons. The maximum absolute atomic E-state index is 12.6. The number of amides is 1. The highest BCUT2D eigenvalue weighted by Crippen LogP contribution is 2.39. The first-order chi connectivity index (χ1) is 11.9. The molecule has 2 aromatic heterocycles. The molecule has 1 unspecified atom stereocenters. The van der Waals surface area contributed by atoms with E-state index in [1.807, 2.05) is 6.92 Å². The van der Waals surface area contributed by atoms with Gasteiger partial charge in [-0.05, 0) is 32.3 Å². The molecule has 3 rings (SSSR count). The minimum Gasteiger partial charge on any atom is -0.392 e. The van der Waals surface area contributed by atoms with Crippen LogP contribution in [0.15, 0.2) is 15.7 Å². The van der Waals surface area contributed by atoms with E-state index in [0.29, 0.717) is 13.0 Å². The number of aliphatic hydroxyl groups excluding tert-OH is 1. The lowest BCUT2D eigenvalue weighted by Gasteiger charge is -2.13. The Morgan fingerprint density at radius 1 is 1.48 bits per heavy atom. The third-order valence-electron chi connectivity index (χ3n) is 4.21. The number of pyridine rings is 1. The molecule has 1 saturated carbocycles. The molecule has 0 bridgehead atoms. The number of nitrogens with zero attached hydrogens (tertiary/aromatic N) is 2. The number of carbonyl (C=O) groups excluding carboxylic acids is 1. The summed E-state index contributed by atoms with van der Waals surface area (Å²) in [4.78, 5) is 43.9. The van der Waals surface area contributed by atoms with Gasteiger partial charge in [0.1, 0.15) is 0 Å². The number of fused-ring (bicyclic) bond motifs is 1. The zero-order chi connectivity index (χ0) is 18.1. The Morgan fingerprint density at radius 2 is 2.20 bits per heavy atom. The first-order valence-electron chi connectivity index (χ1n) is 8.56. The largest absolute Gasteiger partial charge is 0.392 e. The van der Waals surface area contributed by atoms with Crippen LogP contribution in [0.3, 0.4) is 0 Å². The van der Waals surface area contributed by atoms with Gasteiger partial charge in [-0.3, -0.25) is 19.1 Å². The van der Waals surface area contributed by atoms with Crippen molar-refractivity contribution in [1.82, 2.24) is 19.9 Å². The molecule has 25 heavy (non-hydrogen) atoms. The van der Waals surface area contributed by atoms with Crippen molar-refractivity contribution in [3.8, 4) is 0 Å². The van der Waals surface area contributed by atoms with Gasteiger partial charge in [0.25, 0.3) is 11.5 Å². The van der Waals surface area contributed by atoms with E-state index in [1.165, 1.54) is 4.57 Å². The Labute approximate surface area is 143 Å². The van der Waals surface area contributed by atoms with E-state index in [0.717, 1.165) is 18.5 Å². The van der Waals surface area contributed by atoms with Gasteiger partial charge in [0, 0.05) is 24.7 Å². The zero-order valence-corrected chi connectivity index (χ0v) is 14.3. The van der Waals surface area contributed by atoms with Gasteiger partial charge in [0.2, 0.25) is 0 Å². The van der Waals surface area contributed by atoms with Gasteiger partial charge in [-0.25, -0.2) is 9.78 Å². The van der Waals surface area contributed by atoms with E-state index >= 15 is 0 Å². The highest BCUT2D eigenvalue weighted by Gasteiger charge is 2.28. The summed E-state index contributed by atoms with van der Waals surface area (Å²) in [5.74, 6) is -0.195. The molecule has 1 amide bonds. The maximum Gasteiger partial charge on any atom is 0.329 e. The normalized spacial score (nSPS) is 15.3. The van der Waals surface area contributed by atoms with Gasteiger partial charge in [-0.1, -0.05) is 6.92 Å². The molecule has 1 atom stereocenters. The van der Waals surface area contributed by atoms with Crippen molar-refractivity contribution >= 4 is 16.9 Å². The van der Waals surface area contributed by atoms with Crippen molar-refractivity contribution in [3.63, 3.8) is 0 Å². The smallest absolute Gasteiger partial charge is 0.329 e. The summed E-state index contributed by atoms with van der Waals surface area (Å²) in [5, 5.41) is 12.1. The lowest BCUT2D eigenvalue weighted by Crippen LogP contribution is -2.35. The van der Waals surface area contributed by atoms with Crippen LogP contribution >= 0.6 is 0 Å². The van der Waals surface area contributed by atoms with Crippen LogP contribution in [0.2, 0.25) is 0 Å². The fourth-order valence-electron chi connectivity index (χ4n) is 2.83. The van der Waals surface area contributed by atoms with Crippen molar-refractivity contribution in [3.05, 3.63) is 38.2 Å². The number of hydrogen-bond acceptors (Lipinski definition) is 5. The quantitative estimate of drug-likeness (QED) is 0.703. The van der Waals surface area contributed by atoms with E-state index < -0.39 is 23.3 Å². The Morgan fingerprint density at radius 3 is 2.80 bits per heavy atom. The van der Waals surface area contributed by atoms with Crippen molar-refractivity contribution < 1.29 is 9.90 Å². The Bertz CT molecular complexity index is 925. The second-order valence-electron chi connectivity index (χ2n) is 6.54. The summed E-state index contributed by atoms with van der Waals surface area (Å²) < 4.78 is 1.41. The predicted molar refractivity (Wildman–Crippen MR) is 92.9 cm³/mol. The van der Waals surface area contributed by atoms with E-state index in [2.05, 4.69) is 15.3 Å². The summed E-state index contributed by atoms with van der Waals surface area (Å²) in [7, 11) is 0. The molecule has 0 spiro atoms. The average molecular weight is 346 g/mol. The molecular weight excluding hydrogens is 324 g/mol. The van der Waals surface area contributed by atoms with Gasteiger partial charge in [0.05, 0.1) is 17.1 Å². The highest BCUT2D eigenvalue weighted by atomic mass is 16.3. The van der Waals surface area contributed by atoms with Gasteiger partial charge < -0.3 is 10.4 Å². The lowest BCUT2D eigenvalue weighted by molar-refractivity contribution is 0.0925. The van der Waals surface area contributed by atoms with Crippen molar-refractivity contribution in [2.24, 2.45) is 0 Å². The van der Waals surface area contributed by atoms with E-state index in [9.17, 15) is 19.5 Å². The number of aromatic amines is 1. The molecule has 3 N–H and O–H groups in total. The average Bonchev–Trinajstić information content (AvgIpc) is 3.40. The van der Waals surface area contributed by atoms with Crippen molar-refractivity contribution in [2.45, 2.75) is 51.7 Å². The molecular formula is C17H22N4O4. The van der Waals surface area contributed by atoms with Crippen LogP contribution in [0.4, 0.5) is 0 Å². The van der Waals surface area contributed by atoms with Gasteiger partial charge in [-0.15, -0.1) is 0 Å². The van der Waals surface area contributed by atoms with Crippen LogP contribution < -0.4 is 16.6 Å². The Balaban J connectivity index is 2.23. The van der Waals surface area contributed by atoms with Crippen LogP contribution in [-0.4, -0.2) is 38.2 Å².